The molecule has 4 aliphatic rings. The number of halogens is 3. The third kappa shape index (κ3) is 3.57. The van der Waals surface area contributed by atoms with Crippen LogP contribution in [0.4, 0.5) is 13.2 Å². The fraction of sp³-hybridized carbons (Fsp3) is 1.00. The van der Waals surface area contributed by atoms with Crippen molar-refractivity contribution >= 4 is 0 Å². The summed E-state index contributed by atoms with van der Waals surface area (Å²) in [5.41, 5.74) is 0.477. The minimum absolute atomic E-state index is 0.342. The van der Waals surface area contributed by atoms with Crippen LogP contribution in [0.15, 0.2) is 0 Å². The lowest BCUT2D eigenvalue weighted by Crippen LogP contribution is -2.49. The Morgan fingerprint density at radius 1 is 0.926 bits per heavy atom. The molecule has 0 aromatic rings. The SMILES string of the molecule is COCCCC1CCC2[C@@H]3CC[C@@H]4C[C@@H](C(F)(F)F)CC[C@@H]4C3CC[C@]12C. The van der Waals surface area contributed by atoms with Crippen molar-refractivity contribution in [1.29, 1.82) is 0 Å². The van der Waals surface area contributed by atoms with Crippen molar-refractivity contribution < 1.29 is 17.9 Å². The molecule has 0 aromatic heterocycles. The molecule has 4 aliphatic carbocycles. The molecule has 4 heteroatoms. The topological polar surface area (TPSA) is 9.23 Å². The molecular formula is C23H37F3O. The van der Waals surface area contributed by atoms with E-state index in [1.807, 2.05) is 0 Å². The highest BCUT2D eigenvalue weighted by Crippen LogP contribution is 2.65. The van der Waals surface area contributed by atoms with Crippen molar-refractivity contribution in [2.45, 2.75) is 83.7 Å². The van der Waals surface area contributed by atoms with E-state index in [0.29, 0.717) is 36.0 Å². The molecule has 8 atom stereocenters. The normalized spacial score (nSPS) is 47.2. The quantitative estimate of drug-likeness (QED) is 0.480. The standard InChI is InChI=1S/C23H37F3O/c1-22-12-11-19-18-9-6-17(23(24,25)26)14-15(18)5-8-20(19)21(22)10-7-16(22)4-3-13-27-2/h15-21H,3-14H2,1-2H3/t15-,16?,17+,18+,19?,20-,21?,22-/m1/s1. The van der Waals surface area contributed by atoms with E-state index in [0.717, 1.165) is 37.2 Å². The molecule has 4 rings (SSSR count). The third-order valence-electron chi connectivity index (χ3n) is 9.51. The molecule has 27 heavy (non-hydrogen) atoms. The van der Waals surface area contributed by atoms with Gasteiger partial charge < -0.3 is 4.74 Å². The van der Waals surface area contributed by atoms with E-state index in [4.69, 9.17) is 4.74 Å². The number of methoxy groups -OCH3 is 1. The summed E-state index contributed by atoms with van der Waals surface area (Å²) in [7, 11) is 1.79. The first kappa shape index (κ1) is 20.0. The van der Waals surface area contributed by atoms with Crippen LogP contribution < -0.4 is 0 Å². The molecule has 4 fully saturated rings. The van der Waals surface area contributed by atoms with Gasteiger partial charge in [-0.3, -0.25) is 0 Å². The van der Waals surface area contributed by atoms with E-state index < -0.39 is 12.1 Å². The zero-order valence-corrected chi connectivity index (χ0v) is 17.1. The second-order valence-electron chi connectivity index (χ2n) is 10.4. The second-order valence-corrected chi connectivity index (χ2v) is 10.4. The van der Waals surface area contributed by atoms with Gasteiger partial charge in [-0.25, -0.2) is 0 Å². The summed E-state index contributed by atoms with van der Waals surface area (Å²) in [6.07, 6.45) is 7.66. The molecule has 0 bridgehead atoms. The Kier molecular flexibility index (Phi) is 5.59. The van der Waals surface area contributed by atoms with Crippen LogP contribution in [0.1, 0.15) is 77.6 Å². The summed E-state index contributed by atoms with van der Waals surface area (Å²) in [5.74, 6) is 3.06. The second kappa shape index (κ2) is 7.54. The zero-order chi connectivity index (χ0) is 19.2. The number of hydrogen-bond acceptors (Lipinski definition) is 1. The Balaban J connectivity index is 1.43. The first-order chi connectivity index (χ1) is 12.8. The van der Waals surface area contributed by atoms with E-state index in [1.54, 1.807) is 7.11 Å². The molecule has 0 heterocycles. The molecule has 0 saturated heterocycles. The van der Waals surface area contributed by atoms with Crippen molar-refractivity contribution in [2.75, 3.05) is 13.7 Å². The number of hydrogen-bond donors (Lipinski definition) is 0. The average molecular weight is 387 g/mol. The molecule has 0 N–H and O–H groups in total. The summed E-state index contributed by atoms with van der Waals surface area (Å²) in [6, 6.07) is 0. The molecule has 0 aliphatic heterocycles. The lowest BCUT2D eigenvalue weighted by atomic mass is 9.49. The molecule has 0 spiro atoms. The van der Waals surface area contributed by atoms with Crippen LogP contribution in [0, 0.1) is 46.8 Å². The van der Waals surface area contributed by atoms with Gasteiger partial charge in [-0.15, -0.1) is 0 Å². The predicted molar refractivity (Wildman–Crippen MR) is 101 cm³/mol. The summed E-state index contributed by atoms with van der Waals surface area (Å²) in [6.45, 7) is 3.42. The summed E-state index contributed by atoms with van der Waals surface area (Å²) in [4.78, 5) is 0. The van der Waals surface area contributed by atoms with Gasteiger partial charge in [0, 0.05) is 13.7 Å². The molecule has 156 valence electrons. The molecule has 0 aromatic carbocycles. The monoisotopic (exact) mass is 386 g/mol. The summed E-state index contributed by atoms with van der Waals surface area (Å²) >= 11 is 0. The van der Waals surface area contributed by atoms with Gasteiger partial charge in [0.2, 0.25) is 0 Å². The van der Waals surface area contributed by atoms with Crippen LogP contribution in [-0.2, 0) is 4.74 Å². The minimum atomic E-state index is -3.98. The van der Waals surface area contributed by atoms with E-state index in [9.17, 15) is 13.2 Å². The van der Waals surface area contributed by atoms with Crippen LogP contribution in [-0.4, -0.2) is 19.9 Å². The Hall–Kier alpha value is -0.250. The van der Waals surface area contributed by atoms with Gasteiger partial charge in [-0.1, -0.05) is 6.92 Å². The Bertz CT molecular complexity index is 518. The van der Waals surface area contributed by atoms with Gasteiger partial charge in [0.15, 0.2) is 0 Å². The number of fused-ring (bicyclic) bond motifs is 5. The predicted octanol–water partition coefficient (Wildman–Crippen LogP) is 6.86. The summed E-state index contributed by atoms with van der Waals surface area (Å²) in [5, 5.41) is 0. The van der Waals surface area contributed by atoms with Crippen LogP contribution in [0.25, 0.3) is 0 Å². The van der Waals surface area contributed by atoms with Crippen molar-refractivity contribution in [2.24, 2.45) is 46.8 Å². The lowest BCUT2D eigenvalue weighted by Gasteiger charge is -2.56. The van der Waals surface area contributed by atoms with Gasteiger partial charge in [-0.2, -0.15) is 13.2 Å². The summed E-state index contributed by atoms with van der Waals surface area (Å²) < 4.78 is 44.9. The number of rotatable bonds is 4. The zero-order valence-electron chi connectivity index (χ0n) is 17.1. The molecular weight excluding hydrogens is 349 g/mol. The van der Waals surface area contributed by atoms with Crippen LogP contribution in [0.2, 0.25) is 0 Å². The van der Waals surface area contributed by atoms with E-state index >= 15 is 0 Å². The maximum Gasteiger partial charge on any atom is 0.391 e. The smallest absolute Gasteiger partial charge is 0.385 e. The molecule has 0 amide bonds. The van der Waals surface area contributed by atoms with Crippen LogP contribution in [0.5, 0.6) is 0 Å². The maximum absolute atomic E-state index is 13.2. The van der Waals surface area contributed by atoms with Crippen LogP contribution in [0.3, 0.4) is 0 Å². The minimum Gasteiger partial charge on any atom is -0.385 e. The van der Waals surface area contributed by atoms with Gasteiger partial charge in [0.1, 0.15) is 0 Å². The first-order valence-corrected chi connectivity index (χ1v) is 11.4. The highest BCUT2D eigenvalue weighted by molar-refractivity contribution is 5.06. The lowest BCUT2D eigenvalue weighted by molar-refractivity contribution is -0.196. The highest BCUT2D eigenvalue weighted by atomic mass is 19.4. The average Bonchev–Trinajstić information content (AvgIpc) is 2.97. The van der Waals surface area contributed by atoms with Crippen molar-refractivity contribution in [3.8, 4) is 0 Å². The molecule has 0 radical (unpaired) electrons. The van der Waals surface area contributed by atoms with Crippen molar-refractivity contribution in [1.82, 2.24) is 0 Å². The van der Waals surface area contributed by atoms with Gasteiger partial charge >= 0.3 is 6.18 Å². The Morgan fingerprint density at radius 2 is 1.70 bits per heavy atom. The highest BCUT2D eigenvalue weighted by Gasteiger charge is 2.57. The molecule has 4 saturated carbocycles. The van der Waals surface area contributed by atoms with Crippen molar-refractivity contribution in [3.05, 3.63) is 0 Å². The van der Waals surface area contributed by atoms with Gasteiger partial charge in [-0.05, 0) is 112 Å². The van der Waals surface area contributed by atoms with Gasteiger partial charge in [0.25, 0.3) is 0 Å². The maximum atomic E-state index is 13.2. The first-order valence-electron chi connectivity index (χ1n) is 11.4. The Morgan fingerprint density at radius 3 is 2.44 bits per heavy atom. The van der Waals surface area contributed by atoms with E-state index in [-0.39, 0.29) is 0 Å². The number of alkyl halides is 3. The molecule has 3 unspecified atom stereocenters. The molecule has 1 nitrogen and oxygen atoms in total. The largest absolute Gasteiger partial charge is 0.391 e. The number of ether oxygens (including phenoxy) is 1. The van der Waals surface area contributed by atoms with Gasteiger partial charge in [0.05, 0.1) is 5.92 Å². The fourth-order valence-corrected chi connectivity index (χ4v) is 8.21. The van der Waals surface area contributed by atoms with Crippen molar-refractivity contribution in [3.63, 3.8) is 0 Å². The third-order valence-corrected chi connectivity index (χ3v) is 9.51. The van der Waals surface area contributed by atoms with E-state index in [2.05, 4.69) is 6.92 Å². The fourth-order valence-electron chi connectivity index (χ4n) is 8.21. The van der Waals surface area contributed by atoms with Crippen LogP contribution >= 0.6 is 0 Å². The Labute approximate surface area is 162 Å². The van der Waals surface area contributed by atoms with E-state index in [1.165, 1.54) is 44.9 Å².